The lowest BCUT2D eigenvalue weighted by Gasteiger charge is -2.04. The topological polar surface area (TPSA) is 76.9 Å². The molecular weight excluding hydrogens is 304 g/mol. The first-order valence-electron chi connectivity index (χ1n) is 7.37. The van der Waals surface area contributed by atoms with Gasteiger partial charge in [-0.05, 0) is 24.3 Å². The molecule has 0 unspecified atom stereocenters. The summed E-state index contributed by atoms with van der Waals surface area (Å²) in [6.07, 6.45) is 0. The maximum atomic E-state index is 12.2. The molecule has 1 N–H and O–H groups in total. The van der Waals surface area contributed by atoms with E-state index in [4.69, 9.17) is 0 Å². The van der Waals surface area contributed by atoms with Crippen LogP contribution < -0.4 is 10.9 Å². The van der Waals surface area contributed by atoms with Crippen LogP contribution in [0.25, 0.3) is 10.9 Å². The molecule has 0 aliphatic carbocycles. The fraction of sp³-hybridized carbons (Fsp3) is 0.111. The summed E-state index contributed by atoms with van der Waals surface area (Å²) in [4.78, 5) is 24.1. The van der Waals surface area contributed by atoms with Crippen LogP contribution in [-0.4, -0.2) is 27.4 Å². The highest BCUT2D eigenvalue weighted by Crippen LogP contribution is 2.03. The van der Waals surface area contributed by atoms with E-state index in [9.17, 15) is 9.59 Å². The smallest absolute Gasteiger partial charge is 0.278 e. The molecule has 0 saturated heterocycles. The normalized spacial score (nSPS) is 10.0. The third kappa shape index (κ3) is 3.65. The fourth-order valence-corrected chi connectivity index (χ4v) is 2.13. The molecule has 0 fully saturated rings. The fourth-order valence-electron chi connectivity index (χ4n) is 2.13. The number of nitrogens with one attached hydrogen (secondary N) is 1. The summed E-state index contributed by atoms with van der Waals surface area (Å²) < 4.78 is 1.04. The van der Waals surface area contributed by atoms with Crippen LogP contribution in [0, 0.1) is 11.8 Å². The lowest BCUT2D eigenvalue weighted by atomic mass is 10.2. The van der Waals surface area contributed by atoms with Crippen molar-refractivity contribution in [3.8, 4) is 11.8 Å². The van der Waals surface area contributed by atoms with Crippen molar-refractivity contribution < 1.29 is 4.79 Å². The van der Waals surface area contributed by atoms with E-state index in [-0.39, 0.29) is 24.6 Å². The summed E-state index contributed by atoms with van der Waals surface area (Å²) in [6.45, 7) is 0.00712. The minimum Gasteiger partial charge on any atom is -0.344 e. The van der Waals surface area contributed by atoms with Crippen molar-refractivity contribution in [1.29, 1.82) is 0 Å². The lowest BCUT2D eigenvalue weighted by Crippen LogP contribution is -2.34. The summed E-state index contributed by atoms with van der Waals surface area (Å²) in [5, 5.41) is 10.8. The van der Waals surface area contributed by atoms with E-state index >= 15 is 0 Å². The molecule has 0 atom stereocenters. The number of benzene rings is 2. The highest BCUT2D eigenvalue weighted by molar-refractivity contribution is 5.78. The molecule has 1 aromatic heterocycles. The van der Waals surface area contributed by atoms with Gasteiger partial charge in [-0.3, -0.25) is 9.59 Å². The van der Waals surface area contributed by atoms with Gasteiger partial charge in [-0.25, -0.2) is 4.68 Å². The molecule has 0 aliphatic heterocycles. The first-order chi connectivity index (χ1) is 11.7. The molecule has 0 saturated carbocycles. The van der Waals surface area contributed by atoms with Crippen LogP contribution >= 0.6 is 0 Å². The Morgan fingerprint density at radius 2 is 1.83 bits per heavy atom. The van der Waals surface area contributed by atoms with Crippen molar-refractivity contribution >= 4 is 16.8 Å². The highest BCUT2D eigenvalue weighted by Gasteiger charge is 2.08. The number of hydrogen-bond acceptors (Lipinski definition) is 4. The van der Waals surface area contributed by atoms with E-state index in [1.807, 2.05) is 30.3 Å². The molecule has 3 aromatic rings. The molecule has 118 valence electrons. The van der Waals surface area contributed by atoms with Gasteiger partial charge in [0.1, 0.15) is 12.1 Å². The Morgan fingerprint density at radius 3 is 2.67 bits per heavy atom. The van der Waals surface area contributed by atoms with Gasteiger partial charge in [0.2, 0.25) is 5.91 Å². The minimum absolute atomic E-state index is 0.191. The molecule has 6 nitrogen and oxygen atoms in total. The van der Waals surface area contributed by atoms with Crippen LogP contribution in [0.1, 0.15) is 5.56 Å². The number of carbonyl (C=O) groups excluding carboxylic acids is 1. The van der Waals surface area contributed by atoms with E-state index in [0.717, 1.165) is 10.2 Å². The van der Waals surface area contributed by atoms with Crippen molar-refractivity contribution in [2.24, 2.45) is 0 Å². The standard InChI is InChI=1S/C18H14N4O2/c23-17(19-12-6-9-14-7-2-1-3-8-14)13-22-18(24)15-10-4-5-11-16(15)20-21-22/h1-5,7-8,10-11H,12-13H2,(H,19,23). The highest BCUT2D eigenvalue weighted by atomic mass is 16.2. The van der Waals surface area contributed by atoms with Gasteiger partial charge in [0.25, 0.3) is 5.56 Å². The molecule has 0 bridgehead atoms. The zero-order valence-electron chi connectivity index (χ0n) is 12.8. The SMILES string of the molecule is O=C(Cn1nnc2ccccc2c1=O)NCC#Cc1ccccc1. The van der Waals surface area contributed by atoms with Crippen LogP contribution in [0.3, 0.4) is 0 Å². The number of fused-ring (bicyclic) bond motifs is 1. The van der Waals surface area contributed by atoms with Crippen molar-refractivity contribution in [2.75, 3.05) is 6.54 Å². The monoisotopic (exact) mass is 318 g/mol. The summed E-state index contributed by atoms with van der Waals surface area (Å²) >= 11 is 0. The second-order valence-corrected chi connectivity index (χ2v) is 5.01. The Balaban J connectivity index is 1.62. The number of nitrogens with zero attached hydrogens (tertiary/aromatic N) is 3. The average Bonchev–Trinajstić information content (AvgIpc) is 2.62. The van der Waals surface area contributed by atoms with Gasteiger partial charge < -0.3 is 5.32 Å². The van der Waals surface area contributed by atoms with Gasteiger partial charge >= 0.3 is 0 Å². The van der Waals surface area contributed by atoms with Crippen molar-refractivity contribution in [3.05, 3.63) is 70.5 Å². The van der Waals surface area contributed by atoms with E-state index in [1.165, 1.54) is 0 Å². The molecule has 0 aliphatic rings. The first-order valence-corrected chi connectivity index (χ1v) is 7.37. The third-order valence-electron chi connectivity index (χ3n) is 3.30. The molecule has 3 rings (SSSR count). The number of rotatable bonds is 3. The number of amides is 1. The predicted molar refractivity (Wildman–Crippen MR) is 90.1 cm³/mol. The lowest BCUT2D eigenvalue weighted by molar-refractivity contribution is -0.121. The second-order valence-electron chi connectivity index (χ2n) is 5.01. The predicted octanol–water partition coefficient (Wildman–Crippen LogP) is 0.959. The molecule has 0 radical (unpaired) electrons. The minimum atomic E-state index is -0.343. The average molecular weight is 318 g/mol. The Morgan fingerprint density at radius 1 is 1.08 bits per heavy atom. The summed E-state index contributed by atoms with van der Waals surface area (Å²) in [5.74, 6) is 5.45. The second kappa shape index (κ2) is 7.20. The molecular formula is C18H14N4O2. The van der Waals surface area contributed by atoms with E-state index < -0.39 is 0 Å². The van der Waals surface area contributed by atoms with Gasteiger partial charge in [0, 0.05) is 5.56 Å². The molecule has 6 heteroatoms. The zero-order valence-corrected chi connectivity index (χ0v) is 12.8. The Hall–Kier alpha value is -3.46. The maximum Gasteiger partial charge on any atom is 0.278 e. The molecule has 1 amide bonds. The third-order valence-corrected chi connectivity index (χ3v) is 3.30. The van der Waals surface area contributed by atoms with E-state index in [0.29, 0.717) is 10.9 Å². The molecule has 2 aromatic carbocycles. The number of hydrogen-bond donors (Lipinski definition) is 1. The number of aromatic nitrogens is 3. The summed E-state index contributed by atoms with van der Waals surface area (Å²) in [5.41, 5.74) is 1.04. The summed E-state index contributed by atoms with van der Waals surface area (Å²) in [7, 11) is 0. The van der Waals surface area contributed by atoms with Gasteiger partial charge in [0.15, 0.2) is 0 Å². The molecule has 24 heavy (non-hydrogen) atoms. The van der Waals surface area contributed by atoms with Gasteiger partial charge in [-0.1, -0.05) is 47.4 Å². The first kappa shape index (κ1) is 15.4. The number of carbonyl (C=O) groups is 1. The van der Waals surface area contributed by atoms with Crippen LogP contribution in [0.2, 0.25) is 0 Å². The van der Waals surface area contributed by atoms with Gasteiger partial charge in [0.05, 0.1) is 11.9 Å². The van der Waals surface area contributed by atoms with Gasteiger partial charge in [-0.2, -0.15) is 0 Å². The summed E-state index contributed by atoms with van der Waals surface area (Å²) in [6, 6.07) is 16.4. The van der Waals surface area contributed by atoms with Crippen LogP contribution in [0.15, 0.2) is 59.4 Å². The Bertz CT molecular complexity index is 984. The van der Waals surface area contributed by atoms with Gasteiger partial charge in [-0.15, -0.1) is 5.10 Å². The quantitative estimate of drug-likeness (QED) is 0.730. The van der Waals surface area contributed by atoms with Crippen molar-refractivity contribution in [1.82, 2.24) is 20.3 Å². The van der Waals surface area contributed by atoms with Crippen molar-refractivity contribution in [2.45, 2.75) is 6.54 Å². The molecule has 0 spiro atoms. The van der Waals surface area contributed by atoms with Crippen molar-refractivity contribution in [3.63, 3.8) is 0 Å². The van der Waals surface area contributed by atoms with E-state index in [1.54, 1.807) is 24.3 Å². The largest absolute Gasteiger partial charge is 0.344 e. The van der Waals surface area contributed by atoms with Crippen LogP contribution in [0.5, 0.6) is 0 Å². The van der Waals surface area contributed by atoms with Crippen LogP contribution in [0.4, 0.5) is 0 Å². The Kier molecular flexibility index (Phi) is 4.63. The zero-order chi connectivity index (χ0) is 16.8. The Labute approximate surface area is 138 Å². The van der Waals surface area contributed by atoms with E-state index in [2.05, 4.69) is 27.5 Å². The van der Waals surface area contributed by atoms with Crippen LogP contribution in [-0.2, 0) is 11.3 Å². The maximum absolute atomic E-state index is 12.2. The molecule has 1 heterocycles.